The van der Waals surface area contributed by atoms with Gasteiger partial charge < -0.3 is 10.1 Å². The molecular formula is C14H27NO2. The molecule has 1 fully saturated rings. The first-order valence-corrected chi connectivity index (χ1v) is 7.02. The van der Waals surface area contributed by atoms with Crippen LogP contribution in [0.15, 0.2) is 0 Å². The molecule has 0 aliphatic heterocycles. The molecule has 0 aromatic rings. The Balaban J connectivity index is 2.08. The fourth-order valence-corrected chi connectivity index (χ4v) is 2.72. The van der Waals surface area contributed by atoms with Gasteiger partial charge in [0.15, 0.2) is 0 Å². The largest absolute Gasteiger partial charge is 0.466 e. The molecule has 3 heteroatoms. The van der Waals surface area contributed by atoms with Gasteiger partial charge >= 0.3 is 5.97 Å². The Hall–Kier alpha value is -0.570. The minimum atomic E-state index is -0.0698. The van der Waals surface area contributed by atoms with Crippen LogP contribution in [0, 0.1) is 11.8 Å². The average molecular weight is 241 g/mol. The van der Waals surface area contributed by atoms with Crippen molar-refractivity contribution in [3.63, 3.8) is 0 Å². The number of ether oxygens (including phenoxy) is 1. The summed E-state index contributed by atoms with van der Waals surface area (Å²) in [5.74, 6) is 1.57. The summed E-state index contributed by atoms with van der Waals surface area (Å²) in [7, 11) is 0. The Bertz CT molecular complexity index is 230. The Morgan fingerprint density at radius 3 is 2.76 bits per heavy atom. The first kappa shape index (κ1) is 14.5. The molecule has 1 saturated carbocycles. The van der Waals surface area contributed by atoms with Gasteiger partial charge in [-0.3, -0.25) is 4.79 Å². The van der Waals surface area contributed by atoms with E-state index in [1.807, 2.05) is 6.92 Å². The molecule has 17 heavy (non-hydrogen) atoms. The average Bonchev–Trinajstić information content (AvgIpc) is 2.27. The zero-order valence-electron chi connectivity index (χ0n) is 11.5. The summed E-state index contributed by atoms with van der Waals surface area (Å²) < 4.78 is 4.90. The quantitative estimate of drug-likeness (QED) is 0.574. The third kappa shape index (κ3) is 5.53. The predicted octanol–water partition coefficient (Wildman–Crippen LogP) is 2.74. The summed E-state index contributed by atoms with van der Waals surface area (Å²) in [5, 5.41) is 3.58. The van der Waals surface area contributed by atoms with Crippen molar-refractivity contribution in [3.05, 3.63) is 0 Å². The van der Waals surface area contributed by atoms with Crippen molar-refractivity contribution < 1.29 is 9.53 Å². The lowest BCUT2D eigenvalue weighted by Gasteiger charge is -2.33. The van der Waals surface area contributed by atoms with Crippen molar-refractivity contribution in [1.29, 1.82) is 0 Å². The highest BCUT2D eigenvalue weighted by Gasteiger charge is 2.24. The Morgan fingerprint density at radius 2 is 2.12 bits per heavy atom. The molecule has 0 bridgehead atoms. The van der Waals surface area contributed by atoms with Crippen LogP contribution in [0.1, 0.15) is 52.9 Å². The number of rotatable bonds is 6. The number of esters is 1. The third-order valence-corrected chi connectivity index (χ3v) is 3.70. The van der Waals surface area contributed by atoms with Gasteiger partial charge in [0.1, 0.15) is 0 Å². The molecule has 100 valence electrons. The second-order valence-corrected chi connectivity index (χ2v) is 5.36. The van der Waals surface area contributed by atoms with E-state index in [4.69, 9.17) is 4.74 Å². The molecular weight excluding hydrogens is 214 g/mol. The van der Waals surface area contributed by atoms with Gasteiger partial charge in [-0.1, -0.05) is 13.8 Å². The minimum Gasteiger partial charge on any atom is -0.466 e. The van der Waals surface area contributed by atoms with E-state index in [0.29, 0.717) is 19.1 Å². The van der Waals surface area contributed by atoms with Crippen LogP contribution in [0.4, 0.5) is 0 Å². The van der Waals surface area contributed by atoms with Crippen LogP contribution >= 0.6 is 0 Å². The molecule has 0 amide bonds. The maximum Gasteiger partial charge on any atom is 0.305 e. The number of nitrogens with one attached hydrogen (secondary N) is 1. The van der Waals surface area contributed by atoms with E-state index in [-0.39, 0.29) is 5.97 Å². The fraction of sp³-hybridized carbons (Fsp3) is 0.929. The normalized spacial score (nSPS) is 29.0. The molecule has 0 heterocycles. The van der Waals surface area contributed by atoms with Crippen molar-refractivity contribution in [1.82, 2.24) is 5.32 Å². The van der Waals surface area contributed by atoms with Crippen molar-refractivity contribution in [2.24, 2.45) is 11.8 Å². The van der Waals surface area contributed by atoms with Crippen LogP contribution in [0.2, 0.25) is 0 Å². The van der Waals surface area contributed by atoms with E-state index in [1.54, 1.807) is 0 Å². The standard InChI is InChI=1S/C14H27NO2/c1-4-17-14(16)6-5-9-15-13-8-7-11(2)10-12(13)3/h11-13,15H,4-10H2,1-3H3. The molecule has 0 saturated heterocycles. The van der Waals surface area contributed by atoms with Gasteiger partial charge in [0.2, 0.25) is 0 Å². The molecule has 3 nitrogen and oxygen atoms in total. The number of hydrogen-bond acceptors (Lipinski definition) is 3. The molecule has 0 aromatic heterocycles. The lowest BCUT2D eigenvalue weighted by atomic mass is 9.80. The fourth-order valence-electron chi connectivity index (χ4n) is 2.72. The molecule has 3 atom stereocenters. The van der Waals surface area contributed by atoms with E-state index in [2.05, 4.69) is 19.2 Å². The zero-order chi connectivity index (χ0) is 12.7. The second kappa shape index (κ2) is 7.70. The van der Waals surface area contributed by atoms with E-state index in [0.717, 1.165) is 24.8 Å². The van der Waals surface area contributed by atoms with Crippen molar-refractivity contribution in [2.75, 3.05) is 13.2 Å². The van der Waals surface area contributed by atoms with Gasteiger partial charge in [-0.15, -0.1) is 0 Å². The summed E-state index contributed by atoms with van der Waals surface area (Å²) in [4.78, 5) is 11.2. The summed E-state index contributed by atoms with van der Waals surface area (Å²) in [6, 6.07) is 0.647. The van der Waals surface area contributed by atoms with Gasteiger partial charge in [-0.2, -0.15) is 0 Å². The van der Waals surface area contributed by atoms with Crippen LogP contribution in [0.3, 0.4) is 0 Å². The summed E-state index contributed by atoms with van der Waals surface area (Å²) in [6.07, 6.45) is 5.37. The topological polar surface area (TPSA) is 38.3 Å². The zero-order valence-corrected chi connectivity index (χ0v) is 11.5. The van der Waals surface area contributed by atoms with Gasteiger partial charge in [0.05, 0.1) is 6.61 Å². The van der Waals surface area contributed by atoms with Gasteiger partial charge in [-0.25, -0.2) is 0 Å². The van der Waals surface area contributed by atoms with Crippen LogP contribution in [-0.2, 0) is 9.53 Å². The predicted molar refractivity (Wildman–Crippen MR) is 69.8 cm³/mol. The maximum absolute atomic E-state index is 11.2. The smallest absolute Gasteiger partial charge is 0.305 e. The highest BCUT2D eigenvalue weighted by Crippen LogP contribution is 2.28. The minimum absolute atomic E-state index is 0.0698. The monoisotopic (exact) mass is 241 g/mol. The van der Waals surface area contributed by atoms with E-state index in [9.17, 15) is 4.79 Å². The lowest BCUT2D eigenvalue weighted by Crippen LogP contribution is -2.39. The Morgan fingerprint density at radius 1 is 1.35 bits per heavy atom. The van der Waals surface area contributed by atoms with Crippen LogP contribution in [0.25, 0.3) is 0 Å². The van der Waals surface area contributed by atoms with E-state index in [1.165, 1.54) is 19.3 Å². The van der Waals surface area contributed by atoms with Gasteiger partial charge in [0, 0.05) is 12.5 Å². The molecule has 3 unspecified atom stereocenters. The van der Waals surface area contributed by atoms with Crippen LogP contribution < -0.4 is 5.32 Å². The molecule has 1 aliphatic rings. The second-order valence-electron chi connectivity index (χ2n) is 5.36. The van der Waals surface area contributed by atoms with Crippen molar-refractivity contribution in [3.8, 4) is 0 Å². The molecule has 1 aliphatic carbocycles. The van der Waals surface area contributed by atoms with Crippen LogP contribution in [-0.4, -0.2) is 25.2 Å². The number of carbonyl (C=O) groups excluding carboxylic acids is 1. The summed E-state index contributed by atoms with van der Waals surface area (Å²) in [5.41, 5.74) is 0. The summed E-state index contributed by atoms with van der Waals surface area (Å²) in [6.45, 7) is 7.94. The highest BCUT2D eigenvalue weighted by molar-refractivity contribution is 5.69. The number of carbonyl (C=O) groups is 1. The van der Waals surface area contributed by atoms with E-state index < -0.39 is 0 Å². The maximum atomic E-state index is 11.2. The lowest BCUT2D eigenvalue weighted by molar-refractivity contribution is -0.143. The first-order chi connectivity index (χ1) is 8.13. The van der Waals surface area contributed by atoms with Crippen molar-refractivity contribution >= 4 is 5.97 Å². The molecule has 1 rings (SSSR count). The number of hydrogen-bond donors (Lipinski definition) is 1. The van der Waals surface area contributed by atoms with Gasteiger partial charge in [-0.05, 0) is 51.0 Å². The van der Waals surface area contributed by atoms with E-state index >= 15 is 0 Å². The molecule has 0 spiro atoms. The Kier molecular flexibility index (Phi) is 6.56. The molecule has 0 aromatic carbocycles. The van der Waals surface area contributed by atoms with Crippen LogP contribution in [0.5, 0.6) is 0 Å². The molecule has 0 radical (unpaired) electrons. The summed E-state index contributed by atoms with van der Waals surface area (Å²) >= 11 is 0. The van der Waals surface area contributed by atoms with Gasteiger partial charge in [0.25, 0.3) is 0 Å². The Labute approximate surface area is 105 Å². The SMILES string of the molecule is CCOC(=O)CCCNC1CCC(C)CC1C. The van der Waals surface area contributed by atoms with Crippen molar-refractivity contribution in [2.45, 2.75) is 58.9 Å². The first-order valence-electron chi connectivity index (χ1n) is 7.02. The molecule has 1 N–H and O–H groups in total. The highest BCUT2D eigenvalue weighted by atomic mass is 16.5. The third-order valence-electron chi connectivity index (χ3n) is 3.70.